The second kappa shape index (κ2) is 9.31. The summed E-state index contributed by atoms with van der Waals surface area (Å²) in [5, 5.41) is 3.02. The fourth-order valence-electron chi connectivity index (χ4n) is 3.43. The van der Waals surface area contributed by atoms with Gasteiger partial charge in [0.05, 0.1) is 11.4 Å². The van der Waals surface area contributed by atoms with Crippen LogP contribution in [0.4, 0.5) is 0 Å². The van der Waals surface area contributed by atoms with Crippen LogP contribution in [0.15, 0.2) is 28.7 Å². The quantitative estimate of drug-likeness (QED) is 0.780. The van der Waals surface area contributed by atoms with Gasteiger partial charge in [-0.3, -0.25) is 9.00 Å². The van der Waals surface area contributed by atoms with Crippen molar-refractivity contribution in [2.24, 2.45) is 0 Å². The largest absolute Gasteiger partial charge is 0.441 e. The minimum Gasteiger partial charge on any atom is -0.441 e. The third-order valence-electron chi connectivity index (χ3n) is 5.06. The van der Waals surface area contributed by atoms with Crippen molar-refractivity contribution in [1.29, 1.82) is 0 Å². The molecule has 1 unspecified atom stereocenters. The van der Waals surface area contributed by atoms with E-state index in [0.29, 0.717) is 17.3 Å². The Bertz CT molecular complexity index is 792. The van der Waals surface area contributed by atoms with Crippen LogP contribution in [-0.2, 0) is 27.8 Å². The topological polar surface area (TPSA) is 72.2 Å². The molecule has 27 heavy (non-hydrogen) atoms. The molecule has 1 aliphatic rings. The van der Waals surface area contributed by atoms with Crippen LogP contribution in [0.3, 0.4) is 0 Å². The van der Waals surface area contributed by atoms with E-state index in [1.807, 2.05) is 19.1 Å². The smallest absolute Gasteiger partial charge is 0.232 e. The summed E-state index contributed by atoms with van der Waals surface area (Å²) in [6.45, 7) is 3.94. The second-order valence-corrected chi connectivity index (χ2v) is 8.66. The highest BCUT2D eigenvalue weighted by Crippen LogP contribution is 2.23. The van der Waals surface area contributed by atoms with Crippen LogP contribution in [0.25, 0.3) is 11.5 Å². The molecule has 1 aromatic heterocycles. The maximum absolute atomic E-state index is 12.4. The van der Waals surface area contributed by atoms with Gasteiger partial charge in [0, 0.05) is 22.4 Å². The van der Waals surface area contributed by atoms with E-state index in [-0.39, 0.29) is 23.5 Å². The van der Waals surface area contributed by atoms with Crippen LogP contribution in [0.2, 0.25) is 0 Å². The number of carbonyl (C=O) groups is 1. The Morgan fingerprint density at radius 3 is 2.59 bits per heavy atom. The first-order valence-corrected chi connectivity index (χ1v) is 11.2. The van der Waals surface area contributed by atoms with Crippen LogP contribution in [-0.4, -0.2) is 26.9 Å². The average Bonchev–Trinajstić information content (AvgIpc) is 3.02. The molecule has 6 heteroatoms. The number of aromatic nitrogens is 1. The normalized spacial score (nSPS) is 16.2. The van der Waals surface area contributed by atoms with Gasteiger partial charge in [0.15, 0.2) is 0 Å². The third-order valence-corrected chi connectivity index (χ3v) is 6.24. The summed E-state index contributed by atoms with van der Waals surface area (Å²) in [6, 6.07) is 8.34. The number of amides is 1. The Balaban J connectivity index is 1.57. The van der Waals surface area contributed by atoms with Gasteiger partial charge in [-0.1, -0.05) is 38.3 Å². The fourth-order valence-corrected chi connectivity index (χ4v) is 4.49. The van der Waals surface area contributed by atoms with E-state index < -0.39 is 10.8 Å². The van der Waals surface area contributed by atoms with E-state index in [4.69, 9.17) is 4.42 Å². The lowest BCUT2D eigenvalue weighted by Crippen LogP contribution is -2.38. The monoisotopic (exact) mass is 388 g/mol. The van der Waals surface area contributed by atoms with E-state index in [2.05, 4.69) is 29.4 Å². The first-order chi connectivity index (χ1) is 13.0. The predicted octanol–water partition coefficient (Wildman–Crippen LogP) is 3.91. The second-order valence-electron chi connectivity index (χ2n) is 7.20. The molecular weight excluding hydrogens is 360 g/mol. The molecule has 1 heterocycles. The molecule has 1 aromatic carbocycles. The predicted molar refractivity (Wildman–Crippen MR) is 108 cm³/mol. The molecule has 1 aliphatic carbocycles. The maximum Gasteiger partial charge on any atom is 0.232 e. The molecule has 3 rings (SSSR count). The fraction of sp³-hybridized carbons (Fsp3) is 0.524. The molecule has 5 nitrogen and oxygen atoms in total. The van der Waals surface area contributed by atoms with Crippen molar-refractivity contribution in [2.75, 3.05) is 5.75 Å². The van der Waals surface area contributed by atoms with Gasteiger partial charge >= 0.3 is 0 Å². The van der Waals surface area contributed by atoms with Crippen LogP contribution >= 0.6 is 0 Å². The van der Waals surface area contributed by atoms with E-state index in [0.717, 1.165) is 37.7 Å². The van der Waals surface area contributed by atoms with Crippen molar-refractivity contribution < 1.29 is 13.4 Å². The Hall–Kier alpha value is -1.95. The molecule has 0 radical (unpaired) electrons. The molecular formula is C21H28N2O3S. The number of hydrogen-bond donors (Lipinski definition) is 1. The van der Waals surface area contributed by atoms with E-state index in [1.165, 1.54) is 12.0 Å². The number of aryl methyl sites for hydroxylation is 2. The van der Waals surface area contributed by atoms with Crippen molar-refractivity contribution in [3.05, 3.63) is 41.3 Å². The van der Waals surface area contributed by atoms with Crippen molar-refractivity contribution in [3.8, 4) is 11.5 Å². The van der Waals surface area contributed by atoms with Gasteiger partial charge in [0.1, 0.15) is 11.5 Å². The third kappa shape index (κ3) is 5.51. The number of rotatable bonds is 7. The van der Waals surface area contributed by atoms with E-state index >= 15 is 0 Å². The molecule has 1 N–H and O–H groups in total. The van der Waals surface area contributed by atoms with Gasteiger partial charge in [0.25, 0.3) is 0 Å². The number of carbonyl (C=O) groups excluding carboxylic acids is 1. The standard InChI is InChI=1S/C21H28N2O3S/c1-3-16-9-11-17(12-10-16)21-23-19(15(2)26-21)13-27(25)14-20(24)22-18-7-5-4-6-8-18/h9-12,18H,3-8,13-14H2,1-2H3,(H,22,24). The van der Waals surface area contributed by atoms with Crippen LogP contribution in [0, 0.1) is 6.92 Å². The zero-order chi connectivity index (χ0) is 19.2. The highest BCUT2D eigenvalue weighted by atomic mass is 32.2. The molecule has 2 aromatic rings. The molecule has 0 spiro atoms. The summed E-state index contributed by atoms with van der Waals surface area (Å²) in [6.07, 6.45) is 6.61. The lowest BCUT2D eigenvalue weighted by molar-refractivity contribution is -0.119. The highest BCUT2D eigenvalue weighted by Gasteiger charge is 2.19. The van der Waals surface area contributed by atoms with Crippen molar-refractivity contribution in [1.82, 2.24) is 10.3 Å². The van der Waals surface area contributed by atoms with Crippen LogP contribution in [0.5, 0.6) is 0 Å². The molecule has 0 aliphatic heterocycles. The van der Waals surface area contributed by atoms with Crippen molar-refractivity contribution >= 4 is 16.7 Å². The minimum absolute atomic E-state index is 0.0172. The summed E-state index contributed by atoms with van der Waals surface area (Å²) in [5.41, 5.74) is 2.82. The van der Waals surface area contributed by atoms with Gasteiger partial charge in [-0.2, -0.15) is 0 Å². The van der Waals surface area contributed by atoms with E-state index in [1.54, 1.807) is 0 Å². The Morgan fingerprint density at radius 2 is 1.93 bits per heavy atom. The summed E-state index contributed by atoms with van der Waals surface area (Å²) in [4.78, 5) is 16.6. The Labute approximate surface area is 163 Å². The Kier molecular flexibility index (Phi) is 6.83. The lowest BCUT2D eigenvalue weighted by Gasteiger charge is -2.22. The van der Waals surface area contributed by atoms with Gasteiger partial charge in [0.2, 0.25) is 11.8 Å². The molecule has 0 saturated heterocycles. The van der Waals surface area contributed by atoms with Gasteiger partial charge in [-0.25, -0.2) is 4.98 Å². The van der Waals surface area contributed by atoms with Gasteiger partial charge < -0.3 is 9.73 Å². The minimum atomic E-state index is -1.30. The van der Waals surface area contributed by atoms with Crippen LogP contribution < -0.4 is 5.32 Å². The first-order valence-electron chi connectivity index (χ1n) is 9.75. The molecule has 1 amide bonds. The SMILES string of the molecule is CCc1ccc(-c2nc(CS(=O)CC(=O)NC3CCCCC3)c(C)o2)cc1. The maximum atomic E-state index is 12.4. The van der Waals surface area contributed by atoms with E-state index in [9.17, 15) is 9.00 Å². The number of nitrogens with one attached hydrogen (secondary N) is 1. The summed E-state index contributed by atoms with van der Waals surface area (Å²) in [7, 11) is -1.30. The molecule has 1 fully saturated rings. The summed E-state index contributed by atoms with van der Waals surface area (Å²) in [5.74, 6) is 1.32. The number of nitrogens with zero attached hydrogens (tertiary/aromatic N) is 1. The number of oxazole rings is 1. The zero-order valence-electron chi connectivity index (χ0n) is 16.1. The van der Waals surface area contributed by atoms with Crippen LogP contribution in [0.1, 0.15) is 56.0 Å². The molecule has 146 valence electrons. The number of benzene rings is 1. The molecule has 1 atom stereocenters. The first kappa shape index (κ1) is 19.8. The average molecular weight is 389 g/mol. The van der Waals surface area contributed by atoms with Crippen molar-refractivity contribution in [3.63, 3.8) is 0 Å². The number of hydrogen-bond acceptors (Lipinski definition) is 4. The Morgan fingerprint density at radius 1 is 1.22 bits per heavy atom. The van der Waals surface area contributed by atoms with Gasteiger partial charge in [-0.15, -0.1) is 0 Å². The lowest BCUT2D eigenvalue weighted by atomic mass is 9.95. The zero-order valence-corrected chi connectivity index (χ0v) is 16.9. The summed E-state index contributed by atoms with van der Waals surface area (Å²) >= 11 is 0. The summed E-state index contributed by atoms with van der Waals surface area (Å²) < 4.78 is 18.2. The molecule has 0 bridgehead atoms. The van der Waals surface area contributed by atoms with Crippen molar-refractivity contribution in [2.45, 2.75) is 64.2 Å². The highest BCUT2D eigenvalue weighted by molar-refractivity contribution is 7.84. The molecule has 1 saturated carbocycles. The van der Waals surface area contributed by atoms with Gasteiger partial charge in [-0.05, 0) is 43.9 Å².